The number of H-pyrrole nitrogens is 1. The minimum absolute atomic E-state index is 0.190. The number of benzene rings is 1. The third-order valence-electron chi connectivity index (χ3n) is 1.47. The summed E-state index contributed by atoms with van der Waals surface area (Å²) < 4.78 is 0.840. The highest BCUT2D eigenvalue weighted by Gasteiger charge is 2.02. The van der Waals surface area contributed by atoms with Gasteiger partial charge in [0, 0.05) is 4.47 Å². The van der Waals surface area contributed by atoms with E-state index in [-0.39, 0.29) is 5.75 Å². The number of phenols is 1. The Morgan fingerprint density at radius 3 is 3.09 bits per heavy atom. The van der Waals surface area contributed by atoms with Crippen LogP contribution in [0.3, 0.4) is 0 Å². The van der Waals surface area contributed by atoms with Crippen LogP contribution in [0.4, 0.5) is 0 Å². The van der Waals surface area contributed by atoms with Crippen molar-refractivity contribution in [1.29, 1.82) is 0 Å². The molecule has 0 aliphatic carbocycles. The second kappa shape index (κ2) is 2.23. The Hall–Kier alpha value is -1.03. The highest BCUT2D eigenvalue weighted by atomic mass is 79.9. The van der Waals surface area contributed by atoms with Crippen LogP contribution in [0.15, 0.2) is 22.9 Å². The predicted molar refractivity (Wildman–Crippen MR) is 45.5 cm³/mol. The van der Waals surface area contributed by atoms with E-state index in [9.17, 15) is 5.11 Å². The number of aromatic nitrogens is 2. The molecule has 0 radical (unpaired) electrons. The number of nitrogens with one attached hydrogen (secondary N) is 1. The van der Waals surface area contributed by atoms with Gasteiger partial charge in [0.05, 0.1) is 11.8 Å². The first-order valence-corrected chi connectivity index (χ1v) is 3.88. The van der Waals surface area contributed by atoms with Gasteiger partial charge in [0.25, 0.3) is 0 Å². The Labute approximate surface area is 71.2 Å². The molecule has 0 aliphatic rings. The van der Waals surface area contributed by atoms with Gasteiger partial charge in [-0.1, -0.05) is 15.9 Å². The Morgan fingerprint density at radius 2 is 2.27 bits per heavy atom. The number of nitrogens with zero attached hydrogens (tertiary/aromatic N) is 1. The molecule has 0 aliphatic heterocycles. The fourth-order valence-corrected chi connectivity index (χ4v) is 1.44. The van der Waals surface area contributed by atoms with Crippen molar-refractivity contribution in [2.45, 2.75) is 0 Å². The monoisotopic (exact) mass is 212 g/mol. The molecule has 2 N–H and O–H groups in total. The average molecular weight is 213 g/mol. The number of fused-ring (bicyclic) bond motifs is 1. The second-order valence-electron chi connectivity index (χ2n) is 2.22. The van der Waals surface area contributed by atoms with Crippen LogP contribution in [0.25, 0.3) is 11.0 Å². The van der Waals surface area contributed by atoms with Crippen LogP contribution in [0, 0.1) is 0 Å². The highest BCUT2D eigenvalue weighted by Crippen LogP contribution is 2.25. The van der Waals surface area contributed by atoms with Gasteiger partial charge in [0.15, 0.2) is 0 Å². The zero-order chi connectivity index (χ0) is 7.84. The average Bonchev–Trinajstić information content (AvgIpc) is 2.34. The van der Waals surface area contributed by atoms with E-state index >= 15 is 0 Å². The Kier molecular flexibility index (Phi) is 1.35. The highest BCUT2D eigenvalue weighted by molar-refractivity contribution is 9.10. The van der Waals surface area contributed by atoms with Gasteiger partial charge in [0.1, 0.15) is 11.3 Å². The number of rotatable bonds is 0. The lowest BCUT2D eigenvalue weighted by atomic mass is 10.3. The van der Waals surface area contributed by atoms with Crippen LogP contribution in [0.2, 0.25) is 0 Å². The number of halogens is 1. The maximum Gasteiger partial charge on any atom is 0.144 e. The van der Waals surface area contributed by atoms with Gasteiger partial charge < -0.3 is 10.1 Å². The molecule has 0 atom stereocenters. The first-order chi connectivity index (χ1) is 5.27. The van der Waals surface area contributed by atoms with E-state index in [0.29, 0.717) is 5.52 Å². The van der Waals surface area contributed by atoms with Crippen molar-refractivity contribution in [3.63, 3.8) is 0 Å². The molecule has 11 heavy (non-hydrogen) atoms. The summed E-state index contributed by atoms with van der Waals surface area (Å²) in [6.07, 6.45) is 1.55. The molecule has 0 saturated carbocycles. The van der Waals surface area contributed by atoms with E-state index in [2.05, 4.69) is 25.9 Å². The SMILES string of the molecule is Oc1cc(Br)cc2[nH]cnc12. The summed E-state index contributed by atoms with van der Waals surface area (Å²) in [6, 6.07) is 3.48. The summed E-state index contributed by atoms with van der Waals surface area (Å²) in [7, 11) is 0. The third-order valence-corrected chi connectivity index (χ3v) is 1.93. The van der Waals surface area contributed by atoms with E-state index in [4.69, 9.17) is 0 Å². The van der Waals surface area contributed by atoms with Crippen molar-refractivity contribution in [3.8, 4) is 5.75 Å². The minimum Gasteiger partial charge on any atom is -0.506 e. The third kappa shape index (κ3) is 0.991. The van der Waals surface area contributed by atoms with Gasteiger partial charge in [-0.3, -0.25) is 0 Å². The summed E-state index contributed by atoms with van der Waals surface area (Å²) >= 11 is 3.26. The van der Waals surface area contributed by atoms with Gasteiger partial charge in [0.2, 0.25) is 0 Å². The normalized spacial score (nSPS) is 10.6. The number of aromatic amines is 1. The first-order valence-electron chi connectivity index (χ1n) is 3.09. The van der Waals surface area contributed by atoms with Crippen LogP contribution in [-0.4, -0.2) is 15.1 Å². The van der Waals surface area contributed by atoms with E-state index in [1.54, 1.807) is 12.4 Å². The van der Waals surface area contributed by atoms with Gasteiger partial charge in [-0.15, -0.1) is 0 Å². The van der Waals surface area contributed by atoms with Gasteiger partial charge in [-0.05, 0) is 12.1 Å². The zero-order valence-corrected chi connectivity index (χ0v) is 7.09. The number of imidazole rings is 1. The lowest BCUT2D eigenvalue weighted by Crippen LogP contribution is -1.71. The molecule has 0 saturated heterocycles. The van der Waals surface area contributed by atoms with E-state index in [1.165, 1.54) is 0 Å². The minimum atomic E-state index is 0.190. The summed E-state index contributed by atoms with van der Waals surface area (Å²) in [4.78, 5) is 6.83. The van der Waals surface area contributed by atoms with Crippen molar-refractivity contribution in [1.82, 2.24) is 9.97 Å². The van der Waals surface area contributed by atoms with Crippen LogP contribution < -0.4 is 0 Å². The molecule has 1 aromatic heterocycles. The summed E-state index contributed by atoms with van der Waals surface area (Å²) in [5.74, 6) is 0.190. The predicted octanol–water partition coefficient (Wildman–Crippen LogP) is 2.03. The Bertz CT molecular complexity index is 396. The summed E-state index contributed by atoms with van der Waals surface area (Å²) in [5.41, 5.74) is 1.44. The smallest absolute Gasteiger partial charge is 0.144 e. The van der Waals surface area contributed by atoms with Crippen LogP contribution in [0.5, 0.6) is 5.75 Å². The standard InChI is InChI=1S/C7H5BrN2O/c8-4-1-5-7(6(11)2-4)10-3-9-5/h1-3,11H,(H,9,10). The lowest BCUT2D eigenvalue weighted by Gasteiger charge is -1.93. The number of phenolic OH excluding ortho intramolecular Hbond substituents is 1. The van der Waals surface area contributed by atoms with Gasteiger partial charge >= 0.3 is 0 Å². The fraction of sp³-hybridized carbons (Fsp3) is 0. The Balaban J connectivity index is 2.91. The first kappa shape index (κ1) is 6.67. The molecule has 2 aromatic rings. The molecule has 0 amide bonds. The van der Waals surface area contributed by atoms with Crippen molar-refractivity contribution < 1.29 is 5.11 Å². The Morgan fingerprint density at radius 1 is 1.45 bits per heavy atom. The van der Waals surface area contributed by atoms with Crippen molar-refractivity contribution >= 4 is 27.0 Å². The summed E-state index contributed by atoms with van der Waals surface area (Å²) in [5, 5.41) is 9.33. The van der Waals surface area contributed by atoms with Crippen molar-refractivity contribution in [2.75, 3.05) is 0 Å². The molecule has 1 aromatic carbocycles. The van der Waals surface area contributed by atoms with E-state index < -0.39 is 0 Å². The molecule has 0 fully saturated rings. The molecule has 0 bridgehead atoms. The molecule has 0 spiro atoms. The van der Waals surface area contributed by atoms with Crippen LogP contribution >= 0.6 is 15.9 Å². The summed E-state index contributed by atoms with van der Waals surface area (Å²) in [6.45, 7) is 0. The topological polar surface area (TPSA) is 48.9 Å². The molecule has 3 nitrogen and oxygen atoms in total. The lowest BCUT2D eigenvalue weighted by molar-refractivity contribution is 0.480. The van der Waals surface area contributed by atoms with Crippen LogP contribution in [-0.2, 0) is 0 Å². The molecule has 2 rings (SSSR count). The van der Waals surface area contributed by atoms with Crippen molar-refractivity contribution in [2.24, 2.45) is 0 Å². The quantitative estimate of drug-likeness (QED) is 0.703. The largest absolute Gasteiger partial charge is 0.506 e. The molecular formula is C7H5BrN2O. The molecule has 1 heterocycles. The van der Waals surface area contributed by atoms with Gasteiger partial charge in [-0.25, -0.2) is 4.98 Å². The number of aromatic hydroxyl groups is 1. The number of hydrogen-bond donors (Lipinski definition) is 2. The molecule has 4 heteroatoms. The molecular weight excluding hydrogens is 208 g/mol. The van der Waals surface area contributed by atoms with Crippen LogP contribution in [0.1, 0.15) is 0 Å². The zero-order valence-electron chi connectivity index (χ0n) is 5.50. The second-order valence-corrected chi connectivity index (χ2v) is 3.14. The molecule has 0 unspecified atom stereocenters. The molecule has 56 valence electrons. The maximum atomic E-state index is 9.33. The fourth-order valence-electron chi connectivity index (χ4n) is 0.997. The number of hydrogen-bond acceptors (Lipinski definition) is 2. The van der Waals surface area contributed by atoms with Gasteiger partial charge in [-0.2, -0.15) is 0 Å². The maximum absolute atomic E-state index is 9.33. The van der Waals surface area contributed by atoms with E-state index in [0.717, 1.165) is 9.99 Å². The van der Waals surface area contributed by atoms with Crippen molar-refractivity contribution in [3.05, 3.63) is 22.9 Å². The van der Waals surface area contributed by atoms with E-state index in [1.807, 2.05) is 6.07 Å².